The third kappa shape index (κ3) is 5.42. The molecule has 5 nitrogen and oxygen atoms in total. The van der Waals surface area contributed by atoms with E-state index in [1.807, 2.05) is 26.0 Å². The summed E-state index contributed by atoms with van der Waals surface area (Å²) in [5, 5.41) is 3.73. The van der Waals surface area contributed by atoms with Crippen molar-refractivity contribution >= 4 is 23.3 Å². The van der Waals surface area contributed by atoms with Crippen molar-refractivity contribution in [3.05, 3.63) is 59.0 Å². The van der Waals surface area contributed by atoms with Crippen LogP contribution in [0.3, 0.4) is 0 Å². The van der Waals surface area contributed by atoms with Crippen LogP contribution in [-0.2, 0) is 4.79 Å². The van der Waals surface area contributed by atoms with Gasteiger partial charge in [0.2, 0.25) is 5.91 Å². The lowest BCUT2D eigenvalue weighted by molar-refractivity contribution is -0.123. The van der Waals surface area contributed by atoms with Gasteiger partial charge < -0.3 is 10.2 Å². The predicted molar refractivity (Wildman–Crippen MR) is 110 cm³/mol. The molecular formula is C21H26ClFN4O. The fourth-order valence-electron chi connectivity index (χ4n) is 3.42. The first-order chi connectivity index (χ1) is 13.4. The lowest BCUT2D eigenvalue weighted by Crippen LogP contribution is -2.50. The first-order valence-corrected chi connectivity index (χ1v) is 9.94. The second-order valence-electron chi connectivity index (χ2n) is 7.44. The van der Waals surface area contributed by atoms with Crippen molar-refractivity contribution in [3.63, 3.8) is 0 Å². The van der Waals surface area contributed by atoms with E-state index in [4.69, 9.17) is 11.6 Å². The molecule has 0 bridgehead atoms. The van der Waals surface area contributed by atoms with Gasteiger partial charge in [0.15, 0.2) is 0 Å². The Hall–Kier alpha value is -2.18. The van der Waals surface area contributed by atoms with E-state index in [-0.39, 0.29) is 23.7 Å². The van der Waals surface area contributed by atoms with Crippen molar-refractivity contribution < 1.29 is 9.18 Å². The van der Waals surface area contributed by atoms with Crippen LogP contribution in [0.25, 0.3) is 0 Å². The summed E-state index contributed by atoms with van der Waals surface area (Å²) in [6.45, 7) is 7.66. The molecule has 1 saturated heterocycles. The second-order valence-corrected chi connectivity index (χ2v) is 7.88. The molecule has 2 aromatic rings. The van der Waals surface area contributed by atoms with Crippen molar-refractivity contribution in [3.8, 4) is 0 Å². The Kier molecular flexibility index (Phi) is 6.86. The molecule has 1 aliphatic rings. The zero-order valence-electron chi connectivity index (χ0n) is 16.2. The van der Waals surface area contributed by atoms with Gasteiger partial charge in [0.25, 0.3) is 0 Å². The number of hydrogen-bond donors (Lipinski definition) is 1. The van der Waals surface area contributed by atoms with Crippen LogP contribution in [0.15, 0.2) is 42.6 Å². The Labute approximate surface area is 170 Å². The summed E-state index contributed by atoms with van der Waals surface area (Å²) in [7, 11) is 0. The van der Waals surface area contributed by atoms with Gasteiger partial charge in [-0.1, -0.05) is 37.6 Å². The van der Waals surface area contributed by atoms with Crippen LogP contribution < -0.4 is 10.2 Å². The molecule has 0 spiro atoms. The summed E-state index contributed by atoms with van der Waals surface area (Å²) >= 11 is 5.89. The van der Waals surface area contributed by atoms with Gasteiger partial charge in [-0.3, -0.25) is 9.69 Å². The van der Waals surface area contributed by atoms with Gasteiger partial charge in [-0.25, -0.2) is 9.37 Å². The van der Waals surface area contributed by atoms with E-state index in [0.29, 0.717) is 11.6 Å². The number of nitrogens with one attached hydrogen (secondary N) is 1. The number of pyridine rings is 1. The summed E-state index contributed by atoms with van der Waals surface area (Å²) in [6, 6.07) is 9.96. The van der Waals surface area contributed by atoms with Crippen LogP contribution >= 0.6 is 11.6 Å². The molecule has 0 radical (unpaired) electrons. The first kappa shape index (κ1) is 20.6. The number of piperazine rings is 1. The lowest BCUT2D eigenvalue weighted by atomic mass is 9.96. The van der Waals surface area contributed by atoms with Crippen LogP contribution in [0, 0.1) is 11.7 Å². The molecule has 3 rings (SSSR count). The van der Waals surface area contributed by atoms with Gasteiger partial charge in [0, 0.05) is 32.4 Å². The van der Waals surface area contributed by atoms with E-state index < -0.39 is 0 Å². The Balaban J connectivity index is 1.52. The quantitative estimate of drug-likeness (QED) is 0.800. The molecule has 1 atom stereocenters. The number of hydrogen-bond acceptors (Lipinski definition) is 4. The molecule has 1 aliphatic heterocycles. The number of aromatic nitrogens is 1. The van der Waals surface area contributed by atoms with Crippen molar-refractivity contribution in [2.24, 2.45) is 5.92 Å². The minimum atomic E-state index is -0.273. The highest BCUT2D eigenvalue weighted by Gasteiger charge is 2.23. The Morgan fingerprint density at radius 1 is 1.14 bits per heavy atom. The molecule has 1 fully saturated rings. The van der Waals surface area contributed by atoms with Crippen LogP contribution in [0.5, 0.6) is 0 Å². The zero-order valence-corrected chi connectivity index (χ0v) is 17.0. The van der Waals surface area contributed by atoms with Gasteiger partial charge in [-0.15, -0.1) is 0 Å². The highest BCUT2D eigenvalue weighted by molar-refractivity contribution is 6.30. The van der Waals surface area contributed by atoms with Gasteiger partial charge >= 0.3 is 0 Å². The normalized spacial score (nSPS) is 16.2. The summed E-state index contributed by atoms with van der Waals surface area (Å²) in [5.41, 5.74) is 0.920. The van der Waals surface area contributed by atoms with Gasteiger partial charge in [0.05, 0.1) is 17.6 Å². The van der Waals surface area contributed by atoms with Gasteiger partial charge in [0.1, 0.15) is 11.6 Å². The second kappa shape index (κ2) is 9.34. The molecule has 0 saturated carbocycles. The van der Waals surface area contributed by atoms with Crippen molar-refractivity contribution in [2.75, 3.05) is 37.6 Å². The monoisotopic (exact) mass is 404 g/mol. The first-order valence-electron chi connectivity index (χ1n) is 9.56. The number of amides is 1. The molecule has 1 aromatic heterocycles. The highest BCUT2D eigenvalue weighted by Crippen LogP contribution is 2.22. The molecule has 0 aliphatic carbocycles. The average Bonchev–Trinajstić information content (AvgIpc) is 2.68. The molecule has 28 heavy (non-hydrogen) atoms. The van der Waals surface area contributed by atoms with E-state index in [9.17, 15) is 9.18 Å². The summed E-state index contributed by atoms with van der Waals surface area (Å²) < 4.78 is 13.2. The minimum absolute atomic E-state index is 0.0129. The Morgan fingerprint density at radius 2 is 1.82 bits per heavy atom. The average molecular weight is 405 g/mol. The smallest absolute Gasteiger partial charge is 0.234 e. The number of halogens is 2. The maximum absolute atomic E-state index is 13.2. The largest absolute Gasteiger partial charge is 0.354 e. The zero-order chi connectivity index (χ0) is 20.1. The van der Waals surface area contributed by atoms with Crippen LogP contribution in [0.2, 0.25) is 5.02 Å². The molecule has 2 heterocycles. The number of carbonyl (C=O) groups excluding carboxylic acids is 1. The molecular weight excluding hydrogens is 379 g/mol. The predicted octanol–water partition coefficient (Wildman–Crippen LogP) is 3.51. The van der Waals surface area contributed by atoms with E-state index in [2.05, 4.69) is 20.1 Å². The summed E-state index contributed by atoms with van der Waals surface area (Å²) in [4.78, 5) is 21.3. The highest BCUT2D eigenvalue weighted by atomic mass is 35.5. The molecule has 1 N–H and O–H groups in total. The number of rotatable bonds is 6. The molecule has 150 valence electrons. The Bertz CT molecular complexity index is 774. The lowest BCUT2D eigenvalue weighted by Gasteiger charge is -2.35. The van der Waals surface area contributed by atoms with E-state index in [1.165, 1.54) is 12.1 Å². The summed E-state index contributed by atoms with van der Waals surface area (Å²) in [5.74, 6) is 0.832. The van der Waals surface area contributed by atoms with Crippen molar-refractivity contribution in [1.82, 2.24) is 15.2 Å². The SMILES string of the molecule is CC(C)C(NC(=O)CN1CCN(c2ccc(Cl)cn2)CC1)c1ccc(F)cc1. The standard InChI is InChI=1S/C21H26ClFN4O/c1-15(2)21(16-3-6-18(23)7-4-16)25-20(28)14-26-9-11-27(12-10-26)19-8-5-17(22)13-24-19/h3-8,13,15,21H,9-12,14H2,1-2H3,(H,25,28). The topological polar surface area (TPSA) is 48.5 Å². The maximum Gasteiger partial charge on any atom is 0.234 e. The van der Waals surface area contributed by atoms with Crippen LogP contribution in [-0.4, -0.2) is 48.5 Å². The molecule has 7 heteroatoms. The number of carbonyl (C=O) groups is 1. The number of benzene rings is 1. The maximum atomic E-state index is 13.2. The van der Waals surface area contributed by atoms with E-state index >= 15 is 0 Å². The summed E-state index contributed by atoms with van der Waals surface area (Å²) in [6.07, 6.45) is 1.65. The fraction of sp³-hybridized carbons (Fsp3) is 0.429. The Morgan fingerprint density at radius 3 is 2.39 bits per heavy atom. The van der Waals surface area contributed by atoms with Crippen molar-refractivity contribution in [2.45, 2.75) is 19.9 Å². The molecule has 1 amide bonds. The van der Waals surface area contributed by atoms with Crippen molar-refractivity contribution in [1.29, 1.82) is 0 Å². The van der Waals surface area contributed by atoms with Gasteiger partial charge in [-0.2, -0.15) is 0 Å². The minimum Gasteiger partial charge on any atom is -0.354 e. The molecule has 1 unspecified atom stereocenters. The van der Waals surface area contributed by atoms with Gasteiger partial charge in [-0.05, 0) is 35.7 Å². The van der Waals surface area contributed by atoms with E-state index in [0.717, 1.165) is 37.6 Å². The van der Waals surface area contributed by atoms with Crippen LogP contribution in [0.1, 0.15) is 25.5 Å². The third-order valence-corrected chi connectivity index (χ3v) is 5.21. The number of anilines is 1. The third-order valence-electron chi connectivity index (χ3n) is 4.99. The van der Waals surface area contributed by atoms with Crippen LogP contribution in [0.4, 0.5) is 10.2 Å². The fourth-order valence-corrected chi connectivity index (χ4v) is 3.53. The van der Waals surface area contributed by atoms with E-state index in [1.54, 1.807) is 18.3 Å². The number of nitrogens with zero attached hydrogens (tertiary/aromatic N) is 3. The molecule has 1 aromatic carbocycles.